The molecule has 3 rings (SSSR count). The van der Waals surface area contributed by atoms with E-state index in [0.717, 1.165) is 41.7 Å². The third kappa shape index (κ3) is 6.77. The second-order valence-electron chi connectivity index (χ2n) is 7.44. The highest BCUT2D eigenvalue weighted by Gasteiger charge is 2.24. The number of nitrogens with zero attached hydrogens (tertiary/aromatic N) is 1. The van der Waals surface area contributed by atoms with Crippen LogP contribution in [0.25, 0.3) is 0 Å². The van der Waals surface area contributed by atoms with Gasteiger partial charge in [0.2, 0.25) is 15.9 Å². The van der Waals surface area contributed by atoms with Crippen molar-refractivity contribution in [2.24, 2.45) is 0 Å². The minimum atomic E-state index is -3.64. The Kier molecular flexibility index (Phi) is 8.48. The van der Waals surface area contributed by atoms with Gasteiger partial charge in [-0.3, -0.25) is 9.69 Å². The van der Waals surface area contributed by atoms with Crippen molar-refractivity contribution in [3.8, 4) is 5.75 Å². The van der Waals surface area contributed by atoms with Crippen LogP contribution in [0.3, 0.4) is 0 Å². The molecule has 0 radical (unpaired) electrons. The first-order valence-electron chi connectivity index (χ1n) is 10.3. The van der Waals surface area contributed by atoms with Crippen molar-refractivity contribution in [1.82, 2.24) is 14.9 Å². The Bertz CT molecular complexity index is 959. The molecule has 0 spiro atoms. The molecule has 2 aromatic carbocycles. The zero-order chi connectivity index (χ0) is 22.3. The van der Waals surface area contributed by atoms with Crippen molar-refractivity contribution in [2.75, 3.05) is 33.3 Å². The van der Waals surface area contributed by atoms with E-state index < -0.39 is 10.0 Å². The summed E-state index contributed by atoms with van der Waals surface area (Å²) in [4.78, 5) is 14.9. The molecule has 0 bridgehead atoms. The van der Waals surface area contributed by atoms with Gasteiger partial charge < -0.3 is 10.1 Å². The number of halogens is 1. The average molecular weight is 510 g/mol. The molecule has 1 amide bonds. The van der Waals surface area contributed by atoms with Crippen molar-refractivity contribution in [1.29, 1.82) is 0 Å². The number of hydrogen-bond donors (Lipinski definition) is 2. The molecule has 2 N–H and O–H groups in total. The smallest absolute Gasteiger partial charge is 0.240 e. The van der Waals surface area contributed by atoms with Crippen LogP contribution in [0, 0.1) is 0 Å². The number of methoxy groups -OCH3 is 1. The molecule has 0 aliphatic carbocycles. The Morgan fingerprint density at radius 3 is 2.35 bits per heavy atom. The molecule has 1 aliphatic heterocycles. The molecule has 31 heavy (non-hydrogen) atoms. The Morgan fingerprint density at radius 1 is 1.10 bits per heavy atom. The van der Waals surface area contributed by atoms with E-state index in [1.165, 1.54) is 12.1 Å². The predicted octanol–water partition coefficient (Wildman–Crippen LogP) is 3.08. The summed E-state index contributed by atoms with van der Waals surface area (Å²) < 4.78 is 33.2. The third-order valence-electron chi connectivity index (χ3n) is 5.34. The van der Waals surface area contributed by atoms with E-state index in [9.17, 15) is 13.2 Å². The Morgan fingerprint density at radius 2 is 1.74 bits per heavy atom. The molecule has 2 aromatic rings. The molecule has 7 nitrogen and oxygen atoms in total. The van der Waals surface area contributed by atoms with E-state index in [1.807, 2.05) is 24.3 Å². The van der Waals surface area contributed by atoms with E-state index in [1.54, 1.807) is 19.2 Å². The first kappa shape index (κ1) is 23.7. The summed E-state index contributed by atoms with van der Waals surface area (Å²) in [7, 11) is -2.00. The Hall–Kier alpha value is -1.94. The Labute approximate surface area is 192 Å². The highest BCUT2D eigenvalue weighted by Crippen LogP contribution is 2.26. The SMILES string of the molecule is COc1ccc([C@@H](CNC(=O)CCNS(=O)(=O)c2ccc(Br)cc2)N2CCCC2)cc1. The number of carbonyl (C=O) groups excluding carboxylic acids is 1. The zero-order valence-electron chi connectivity index (χ0n) is 17.5. The molecule has 1 fully saturated rings. The van der Waals surface area contributed by atoms with Gasteiger partial charge in [-0.1, -0.05) is 28.1 Å². The monoisotopic (exact) mass is 509 g/mol. The van der Waals surface area contributed by atoms with Gasteiger partial charge in [0.1, 0.15) is 5.75 Å². The topological polar surface area (TPSA) is 87.7 Å². The standard InChI is InChI=1S/C22H28BrN3O4S/c1-30-19-8-4-17(5-9-19)21(26-14-2-3-15-26)16-24-22(27)12-13-25-31(28,29)20-10-6-18(23)7-11-20/h4-11,21,25H,2-3,12-16H2,1H3,(H,24,27)/t21-/m1/s1. The summed E-state index contributed by atoms with van der Waals surface area (Å²) in [6.45, 7) is 2.52. The maximum absolute atomic E-state index is 12.4. The average Bonchev–Trinajstić information content (AvgIpc) is 3.29. The van der Waals surface area contributed by atoms with E-state index in [2.05, 4.69) is 30.9 Å². The lowest BCUT2D eigenvalue weighted by molar-refractivity contribution is -0.121. The summed E-state index contributed by atoms with van der Waals surface area (Å²) in [5.74, 6) is 0.613. The first-order valence-corrected chi connectivity index (χ1v) is 12.6. The van der Waals surface area contributed by atoms with E-state index in [-0.39, 0.29) is 29.8 Å². The summed E-state index contributed by atoms with van der Waals surface area (Å²) in [5.41, 5.74) is 1.12. The summed E-state index contributed by atoms with van der Waals surface area (Å²) in [6, 6.07) is 14.4. The van der Waals surface area contributed by atoms with Gasteiger partial charge in [-0.25, -0.2) is 13.1 Å². The number of hydrogen-bond acceptors (Lipinski definition) is 5. The summed E-state index contributed by atoms with van der Waals surface area (Å²) in [6.07, 6.45) is 2.38. The quantitative estimate of drug-likeness (QED) is 0.513. The maximum atomic E-state index is 12.4. The van der Waals surface area contributed by atoms with Gasteiger partial charge in [0.05, 0.1) is 18.0 Å². The Balaban J connectivity index is 1.52. The van der Waals surface area contributed by atoms with Crippen LogP contribution in [-0.4, -0.2) is 52.5 Å². The highest BCUT2D eigenvalue weighted by molar-refractivity contribution is 9.10. The van der Waals surface area contributed by atoms with Crippen molar-refractivity contribution >= 4 is 31.9 Å². The molecule has 0 unspecified atom stereocenters. The van der Waals surface area contributed by atoms with Crippen LogP contribution in [0.5, 0.6) is 5.75 Å². The van der Waals surface area contributed by atoms with Gasteiger partial charge in [0.25, 0.3) is 0 Å². The highest BCUT2D eigenvalue weighted by atomic mass is 79.9. The number of nitrogens with one attached hydrogen (secondary N) is 2. The lowest BCUT2D eigenvalue weighted by Gasteiger charge is -2.28. The van der Waals surface area contributed by atoms with Crippen LogP contribution in [0.15, 0.2) is 57.9 Å². The second kappa shape index (κ2) is 11.1. The zero-order valence-corrected chi connectivity index (χ0v) is 19.9. The van der Waals surface area contributed by atoms with Crippen LogP contribution in [0.4, 0.5) is 0 Å². The first-order chi connectivity index (χ1) is 14.9. The van der Waals surface area contributed by atoms with Gasteiger partial charge in [-0.05, 0) is 67.9 Å². The van der Waals surface area contributed by atoms with Gasteiger partial charge >= 0.3 is 0 Å². The number of ether oxygens (including phenoxy) is 1. The number of carbonyl (C=O) groups is 1. The maximum Gasteiger partial charge on any atom is 0.240 e. The normalized spacial score (nSPS) is 15.5. The van der Waals surface area contributed by atoms with Crippen molar-refractivity contribution in [3.05, 3.63) is 58.6 Å². The summed E-state index contributed by atoms with van der Waals surface area (Å²) >= 11 is 3.28. The third-order valence-corrected chi connectivity index (χ3v) is 7.35. The van der Waals surface area contributed by atoms with Crippen molar-refractivity contribution < 1.29 is 17.9 Å². The van der Waals surface area contributed by atoms with Gasteiger partial charge in [0.15, 0.2) is 0 Å². The van der Waals surface area contributed by atoms with Crippen LogP contribution in [-0.2, 0) is 14.8 Å². The van der Waals surface area contributed by atoms with E-state index in [0.29, 0.717) is 6.54 Å². The molecule has 0 aromatic heterocycles. The van der Waals surface area contributed by atoms with Crippen LogP contribution in [0.1, 0.15) is 30.9 Å². The summed E-state index contributed by atoms with van der Waals surface area (Å²) in [5, 5.41) is 2.97. The molecule has 168 valence electrons. The molecular weight excluding hydrogens is 482 g/mol. The van der Waals surface area contributed by atoms with Crippen molar-refractivity contribution in [2.45, 2.75) is 30.2 Å². The number of sulfonamides is 1. The molecule has 9 heteroatoms. The minimum absolute atomic E-state index is 0.0428. The number of benzene rings is 2. The van der Waals surface area contributed by atoms with Crippen LogP contribution >= 0.6 is 15.9 Å². The van der Waals surface area contributed by atoms with E-state index in [4.69, 9.17) is 4.74 Å². The van der Waals surface area contributed by atoms with E-state index >= 15 is 0 Å². The molecule has 1 atom stereocenters. The molecule has 1 heterocycles. The van der Waals surface area contributed by atoms with Gasteiger partial charge in [-0.2, -0.15) is 0 Å². The van der Waals surface area contributed by atoms with Crippen LogP contribution in [0.2, 0.25) is 0 Å². The fourth-order valence-corrected chi connectivity index (χ4v) is 4.93. The molecule has 1 aliphatic rings. The fourth-order valence-electron chi connectivity index (χ4n) is 3.63. The largest absolute Gasteiger partial charge is 0.497 e. The number of rotatable bonds is 10. The number of likely N-dealkylation sites (tertiary alicyclic amines) is 1. The minimum Gasteiger partial charge on any atom is -0.497 e. The van der Waals surface area contributed by atoms with Crippen molar-refractivity contribution in [3.63, 3.8) is 0 Å². The number of amides is 1. The second-order valence-corrected chi connectivity index (χ2v) is 10.1. The van der Waals surface area contributed by atoms with Gasteiger partial charge in [-0.15, -0.1) is 0 Å². The molecule has 1 saturated heterocycles. The molecule has 0 saturated carbocycles. The van der Waals surface area contributed by atoms with Crippen LogP contribution < -0.4 is 14.8 Å². The lowest BCUT2D eigenvalue weighted by atomic mass is 10.1. The predicted molar refractivity (Wildman–Crippen MR) is 123 cm³/mol. The lowest BCUT2D eigenvalue weighted by Crippen LogP contribution is -2.38. The molecular formula is C22H28BrN3O4S. The van der Waals surface area contributed by atoms with Gasteiger partial charge in [0, 0.05) is 24.0 Å². The fraction of sp³-hybridized carbons (Fsp3) is 0.409.